The molecule has 0 aliphatic carbocycles. The molecule has 1 aromatic carbocycles. The third kappa shape index (κ3) is 5.89. The zero-order valence-corrected chi connectivity index (χ0v) is 15.2. The predicted octanol–water partition coefficient (Wildman–Crippen LogP) is 5.23. The number of aromatic nitrogens is 1. The minimum absolute atomic E-state index is 0.171. The molecule has 0 atom stereocenters. The molecular formula is C19H28N2O3. The van der Waals surface area contributed by atoms with Crippen molar-refractivity contribution in [2.24, 2.45) is 0 Å². The number of nitro benzene ring substituents is 1. The zero-order chi connectivity index (χ0) is 17.9. The Hall–Kier alpha value is -2.01. The van der Waals surface area contributed by atoms with Crippen molar-refractivity contribution in [2.45, 2.75) is 53.4 Å². The van der Waals surface area contributed by atoms with Crippen LogP contribution in [-0.2, 0) is 11.2 Å². The minimum atomic E-state index is -0.323. The normalized spacial score (nSPS) is 10.3. The zero-order valence-electron chi connectivity index (χ0n) is 15.2. The van der Waals surface area contributed by atoms with Crippen LogP contribution < -0.4 is 0 Å². The lowest BCUT2D eigenvalue weighted by molar-refractivity contribution is -0.383. The first-order chi connectivity index (χ1) is 11.5. The number of hydrogen-bond acceptors (Lipinski definition) is 4. The maximum atomic E-state index is 11.1. The number of nitrogens with zero attached hydrogens (tertiary/aromatic N) is 2. The fourth-order valence-corrected chi connectivity index (χ4v) is 2.48. The van der Waals surface area contributed by atoms with Crippen LogP contribution in [0.5, 0.6) is 0 Å². The lowest BCUT2D eigenvalue weighted by Gasteiger charge is -2.05. The molecule has 0 fully saturated rings. The van der Waals surface area contributed by atoms with Gasteiger partial charge in [0.15, 0.2) is 0 Å². The van der Waals surface area contributed by atoms with Crippen molar-refractivity contribution >= 4 is 16.6 Å². The molecule has 132 valence electrons. The van der Waals surface area contributed by atoms with E-state index in [0.717, 1.165) is 31.7 Å². The van der Waals surface area contributed by atoms with Gasteiger partial charge < -0.3 is 4.74 Å². The van der Waals surface area contributed by atoms with Crippen LogP contribution in [0.4, 0.5) is 5.69 Å². The summed E-state index contributed by atoms with van der Waals surface area (Å²) in [6.07, 6.45) is 4.42. The maximum Gasteiger partial charge on any atom is 0.281 e. The molecule has 5 nitrogen and oxygen atoms in total. The third-order valence-corrected chi connectivity index (χ3v) is 3.73. The molecule has 1 heterocycles. The first-order valence-electron chi connectivity index (χ1n) is 8.66. The number of unbranched alkanes of at least 4 members (excludes halogenated alkanes) is 2. The molecule has 0 saturated carbocycles. The van der Waals surface area contributed by atoms with E-state index in [1.807, 2.05) is 32.0 Å². The molecule has 0 N–H and O–H groups in total. The summed E-state index contributed by atoms with van der Waals surface area (Å²) in [5, 5.41) is 11.7. The first-order valence-corrected chi connectivity index (χ1v) is 8.66. The van der Waals surface area contributed by atoms with Crippen molar-refractivity contribution < 1.29 is 9.66 Å². The van der Waals surface area contributed by atoms with Crippen molar-refractivity contribution in [3.63, 3.8) is 0 Å². The Kier molecular flexibility index (Phi) is 8.94. The SMILES string of the molecule is CCCCCc1ccc2c([N+](=O)[O-])c(C)ccc2n1.CCOCC. The van der Waals surface area contributed by atoms with Crippen LogP contribution in [0, 0.1) is 17.0 Å². The summed E-state index contributed by atoms with van der Waals surface area (Å²) in [6.45, 7) is 9.59. The van der Waals surface area contributed by atoms with E-state index in [2.05, 4.69) is 11.9 Å². The molecule has 0 spiro atoms. The van der Waals surface area contributed by atoms with Crippen molar-refractivity contribution in [3.05, 3.63) is 45.6 Å². The second-order valence-electron chi connectivity index (χ2n) is 5.60. The number of fused-ring (bicyclic) bond motifs is 1. The predicted molar refractivity (Wildman–Crippen MR) is 98.5 cm³/mol. The highest BCUT2D eigenvalue weighted by Crippen LogP contribution is 2.28. The summed E-state index contributed by atoms with van der Waals surface area (Å²) >= 11 is 0. The van der Waals surface area contributed by atoms with Crippen molar-refractivity contribution in [1.29, 1.82) is 0 Å². The standard InChI is InChI=1S/C15H18N2O2.C4H10O/c1-3-4-5-6-12-8-9-13-14(16-12)10-7-11(2)15(13)17(18)19;1-3-5-4-2/h7-10H,3-6H2,1-2H3;3-4H2,1-2H3. The molecule has 0 bridgehead atoms. The summed E-state index contributed by atoms with van der Waals surface area (Å²) in [6, 6.07) is 7.36. The summed E-state index contributed by atoms with van der Waals surface area (Å²) < 4.78 is 4.83. The van der Waals surface area contributed by atoms with Gasteiger partial charge in [-0.1, -0.05) is 25.8 Å². The average molecular weight is 332 g/mol. The van der Waals surface area contributed by atoms with Crippen molar-refractivity contribution in [3.8, 4) is 0 Å². The Bertz CT molecular complexity index is 654. The lowest BCUT2D eigenvalue weighted by Crippen LogP contribution is -1.96. The largest absolute Gasteiger partial charge is 0.382 e. The Balaban J connectivity index is 0.000000505. The first kappa shape index (κ1) is 20.0. The summed E-state index contributed by atoms with van der Waals surface area (Å²) in [7, 11) is 0. The summed E-state index contributed by atoms with van der Waals surface area (Å²) in [5.74, 6) is 0. The monoisotopic (exact) mass is 332 g/mol. The van der Waals surface area contributed by atoms with E-state index >= 15 is 0 Å². The number of benzene rings is 1. The van der Waals surface area contributed by atoms with Gasteiger partial charge in [0.05, 0.1) is 15.8 Å². The van der Waals surface area contributed by atoms with Gasteiger partial charge in [-0.3, -0.25) is 15.1 Å². The van der Waals surface area contributed by atoms with Crippen LogP contribution in [-0.4, -0.2) is 23.1 Å². The number of pyridine rings is 1. The molecule has 0 aliphatic rings. The summed E-state index contributed by atoms with van der Waals surface area (Å²) in [5.41, 5.74) is 2.58. The van der Waals surface area contributed by atoms with Gasteiger partial charge in [-0.25, -0.2) is 0 Å². The van der Waals surface area contributed by atoms with Gasteiger partial charge in [-0.15, -0.1) is 0 Å². The number of nitro groups is 1. The van der Waals surface area contributed by atoms with E-state index in [4.69, 9.17) is 4.74 Å². The molecule has 0 unspecified atom stereocenters. The highest BCUT2D eigenvalue weighted by Gasteiger charge is 2.16. The molecule has 2 rings (SSSR count). The van der Waals surface area contributed by atoms with Crippen LogP contribution in [0.3, 0.4) is 0 Å². The number of hydrogen-bond donors (Lipinski definition) is 0. The fraction of sp³-hybridized carbons (Fsp3) is 0.526. The Morgan fingerprint density at radius 2 is 1.79 bits per heavy atom. The fourth-order valence-electron chi connectivity index (χ4n) is 2.48. The van der Waals surface area contributed by atoms with Gasteiger partial charge in [0.2, 0.25) is 0 Å². The smallest absolute Gasteiger partial charge is 0.281 e. The lowest BCUT2D eigenvalue weighted by atomic mass is 10.1. The van der Waals surface area contributed by atoms with E-state index in [1.165, 1.54) is 12.8 Å². The van der Waals surface area contributed by atoms with Gasteiger partial charge in [0.1, 0.15) is 0 Å². The van der Waals surface area contributed by atoms with Crippen molar-refractivity contribution in [1.82, 2.24) is 4.98 Å². The molecular weight excluding hydrogens is 304 g/mol. The quantitative estimate of drug-likeness (QED) is 0.396. The topological polar surface area (TPSA) is 65.3 Å². The number of ether oxygens (including phenoxy) is 1. The molecule has 0 radical (unpaired) electrons. The Labute approximate surface area is 144 Å². The van der Waals surface area contributed by atoms with Gasteiger partial charge in [0, 0.05) is 24.5 Å². The molecule has 5 heteroatoms. The van der Waals surface area contributed by atoms with Crippen LogP contribution >= 0.6 is 0 Å². The van der Waals surface area contributed by atoms with Crippen LogP contribution in [0.2, 0.25) is 0 Å². The van der Waals surface area contributed by atoms with E-state index < -0.39 is 0 Å². The van der Waals surface area contributed by atoms with Crippen molar-refractivity contribution in [2.75, 3.05) is 13.2 Å². The van der Waals surface area contributed by atoms with Crippen LogP contribution in [0.25, 0.3) is 10.9 Å². The maximum absolute atomic E-state index is 11.1. The number of rotatable bonds is 7. The van der Waals surface area contributed by atoms with Gasteiger partial charge in [-0.05, 0) is 51.8 Å². The Morgan fingerprint density at radius 1 is 1.08 bits per heavy atom. The Morgan fingerprint density at radius 3 is 2.33 bits per heavy atom. The minimum Gasteiger partial charge on any atom is -0.382 e. The van der Waals surface area contributed by atoms with E-state index in [1.54, 1.807) is 13.0 Å². The summed E-state index contributed by atoms with van der Waals surface area (Å²) in [4.78, 5) is 15.3. The van der Waals surface area contributed by atoms with Crippen LogP contribution in [0.1, 0.15) is 51.3 Å². The molecule has 0 amide bonds. The van der Waals surface area contributed by atoms with Gasteiger partial charge in [0.25, 0.3) is 5.69 Å². The van der Waals surface area contributed by atoms with E-state index in [0.29, 0.717) is 16.5 Å². The average Bonchev–Trinajstić information content (AvgIpc) is 2.56. The third-order valence-electron chi connectivity index (χ3n) is 3.73. The number of aryl methyl sites for hydroxylation is 2. The van der Waals surface area contributed by atoms with E-state index in [9.17, 15) is 10.1 Å². The molecule has 2 aromatic rings. The van der Waals surface area contributed by atoms with Gasteiger partial charge in [-0.2, -0.15) is 0 Å². The second-order valence-corrected chi connectivity index (χ2v) is 5.60. The second kappa shape index (κ2) is 10.7. The van der Waals surface area contributed by atoms with Crippen LogP contribution in [0.15, 0.2) is 24.3 Å². The van der Waals surface area contributed by atoms with E-state index in [-0.39, 0.29) is 10.6 Å². The molecule has 0 saturated heterocycles. The highest BCUT2D eigenvalue weighted by atomic mass is 16.6. The highest BCUT2D eigenvalue weighted by molar-refractivity contribution is 5.89. The van der Waals surface area contributed by atoms with Gasteiger partial charge >= 0.3 is 0 Å². The molecule has 24 heavy (non-hydrogen) atoms. The molecule has 1 aromatic heterocycles. The molecule has 0 aliphatic heterocycles.